The van der Waals surface area contributed by atoms with Crippen molar-refractivity contribution in [3.05, 3.63) is 70.5 Å². The van der Waals surface area contributed by atoms with Crippen molar-refractivity contribution in [2.75, 3.05) is 12.8 Å². The lowest BCUT2D eigenvalue weighted by molar-refractivity contribution is 0.399. The van der Waals surface area contributed by atoms with Crippen LogP contribution in [0.15, 0.2) is 48.8 Å². The summed E-state index contributed by atoms with van der Waals surface area (Å²) in [5.74, 6) is 1.14. The van der Waals surface area contributed by atoms with Crippen LogP contribution in [-0.2, 0) is 6.42 Å². The summed E-state index contributed by atoms with van der Waals surface area (Å²) < 4.78 is 5.40. The number of hydrogen-bond donors (Lipinski definition) is 1. The molecule has 0 aliphatic heterocycles. The first-order chi connectivity index (χ1) is 11.6. The molecule has 0 atom stereocenters. The molecular weight excluding hydrogens is 322 g/mol. The number of aromatic nitrogens is 2. The van der Waals surface area contributed by atoms with Gasteiger partial charge in [-0.15, -0.1) is 0 Å². The number of nitrogens with zero attached hydrogens (tertiary/aromatic N) is 2. The number of benzene rings is 1. The molecule has 0 radical (unpaired) electrons. The molecule has 5 heteroatoms. The molecule has 0 spiro atoms. The summed E-state index contributed by atoms with van der Waals surface area (Å²) in [7, 11) is 1.61. The van der Waals surface area contributed by atoms with Crippen molar-refractivity contribution in [2.24, 2.45) is 0 Å². The van der Waals surface area contributed by atoms with E-state index in [0.717, 1.165) is 34.2 Å². The maximum atomic E-state index is 6.11. The zero-order chi connectivity index (χ0) is 17.1. The van der Waals surface area contributed by atoms with Crippen molar-refractivity contribution < 1.29 is 4.74 Å². The minimum atomic E-state index is 0.561. The maximum Gasteiger partial charge on any atom is 0.221 e. The highest BCUT2D eigenvalue weighted by Gasteiger charge is 2.10. The van der Waals surface area contributed by atoms with E-state index in [1.54, 1.807) is 13.3 Å². The second-order valence-electron chi connectivity index (χ2n) is 5.63. The molecule has 0 aliphatic carbocycles. The average Bonchev–Trinajstić information content (AvgIpc) is 2.58. The van der Waals surface area contributed by atoms with Crippen LogP contribution in [0.1, 0.15) is 16.7 Å². The first-order valence-electron chi connectivity index (χ1n) is 7.56. The first kappa shape index (κ1) is 16.3. The Balaban J connectivity index is 1.98. The van der Waals surface area contributed by atoms with Crippen LogP contribution in [0.25, 0.3) is 11.1 Å². The lowest BCUT2D eigenvalue weighted by atomic mass is 10.0. The van der Waals surface area contributed by atoms with Gasteiger partial charge in [0.2, 0.25) is 5.88 Å². The molecular formula is C19H18ClN3O. The molecule has 2 heterocycles. The van der Waals surface area contributed by atoms with E-state index in [4.69, 9.17) is 22.1 Å². The number of ether oxygens (including phenoxy) is 1. The van der Waals surface area contributed by atoms with E-state index in [-0.39, 0.29) is 0 Å². The second kappa shape index (κ2) is 6.89. The molecule has 0 unspecified atom stereocenters. The van der Waals surface area contributed by atoms with Gasteiger partial charge >= 0.3 is 0 Å². The molecule has 122 valence electrons. The van der Waals surface area contributed by atoms with E-state index >= 15 is 0 Å². The van der Waals surface area contributed by atoms with Crippen LogP contribution in [-0.4, -0.2) is 17.1 Å². The zero-order valence-corrected chi connectivity index (χ0v) is 14.3. The Bertz CT molecular complexity index is 880. The van der Waals surface area contributed by atoms with Gasteiger partial charge in [-0.2, -0.15) is 0 Å². The van der Waals surface area contributed by atoms with Crippen molar-refractivity contribution >= 4 is 17.4 Å². The lowest BCUT2D eigenvalue weighted by Gasteiger charge is -2.11. The van der Waals surface area contributed by atoms with Crippen molar-refractivity contribution in [1.29, 1.82) is 0 Å². The molecule has 3 aromatic rings. The Kier molecular flexibility index (Phi) is 4.67. The number of nitrogen functional groups attached to an aromatic ring is 1. The predicted octanol–water partition coefficient (Wildman–Crippen LogP) is 4.29. The van der Waals surface area contributed by atoms with Crippen LogP contribution < -0.4 is 10.5 Å². The van der Waals surface area contributed by atoms with E-state index in [9.17, 15) is 0 Å². The maximum absolute atomic E-state index is 6.11. The van der Waals surface area contributed by atoms with E-state index in [1.807, 2.05) is 43.5 Å². The minimum absolute atomic E-state index is 0.561. The smallest absolute Gasteiger partial charge is 0.221 e. The third-order valence-electron chi connectivity index (χ3n) is 3.82. The van der Waals surface area contributed by atoms with Crippen LogP contribution >= 0.6 is 11.6 Å². The number of hydrogen-bond acceptors (Lipinski definition) is 4. The number of aryl methyl sites for hydroxylation is 1. The Morgan fingerprint density at radius 3 is 2.54 bits per heavy atom. The Labute approximate surface area is 146 Å². The fourth-order valence-corrected chi connectivity index (χ4v) is 2.78. The van der Waals surface area contributed by atoms with E-state index in [1.165, 1.54) is 0 Å². The third kappa shape index (κ3) is 3.49. The van der Waals surface area contributed by atoms with Gasteiger partial charge in [-0.1, -0.05) is 29.8 Å². The highest BCUT2D eigenvalue weighted by molar-refractivity contribution is 6.30. The summed E-state index contributed by atoms with van der Waals surface area (Å²) in [6.45, 7) is 1.95. The summed E-state index contributed by atoms with van der Waals surface area (Å²) in [4.78, 5) is 8.64. The topological polar surface area (TPSA) is 61.0 Å². The largest absolute Gasteiger partial charge is 0.481 e. The van der Waals surface area contributed by atoms with Gasteiger partial charge in [0, 0.05) is 29.4 Å². The van der Waals surface area contributed by atoms with Crippen LogP contribution in [0.3, 0.4) is 0 Å². The summed E-state index contributed by atoms with van der Waals surface area (Å²) in [5.41, 5.74) is 10.8. The molecule has 0 bridgehead atoms. The van der Waals surface area contributed by atoms with Crippen LogP contribution in [0, 0.1) is 6.92 Å². The molecule has 24 heavy (non-hydrogen) atoms. The third-order valence-corrected chi connectivity index (χ3v) is 4.06. The second-order valence-corrected chi connectivity index (χ2v) is 6.07. The number of rotatable bonds is 4. The lowest BCUT2D eigenvalue weighted by Crippen LogP contribution is -1.99. The molecule has 0 amide bonds. The fourth-order valence-electron chi connectivity index (χ4n) is 2.59. The molecule has 0 aliphatic rings. The SMILES string of the molecule is COc1ncc(Cc2cnc(N)c(C)c2)cc1-c1cccc(Cl)c1. The van der Waals surface area contributed by atoms with Crippen molar-refractivity contribution in [3.63, 3.8) is 0 Å². The molecule has 1 aromatic carbocycles. The quantitative estimate of drug-likeness (QED) is 0.770. The molecule has 0 saturated carbocycles. The number of methoxy groups -OCH3 is 1. The van der Waals surface area contributed by atoms with Gasteiger partial charge < -0.3 is 10.5 Å². The summed E-state index contributed by atoms with van der Waals surface area (Å²) in [6.07, 6.45) is 4.34. The van der Waals surface area contributed by atoms with Gasteiger partial charge in [0.1, 0.15) is 5.82 Å². The molecule has 0 fully saturated rings. The van der Waals surface area contributed by atoms with E-state index in [0.29, 0.717) is 16.7 Å². The molecule has 2 aromatic heterocycles. The first-order valence-corrected chi connectivity index (χ1v) is 7.94. The monoisotopic (exact) mass is 339 g/mol. The van der Waals surface area contributed by atoms with Crippen LogP contribution in [0.5, 0.6) is 5.88 Å². The van der Waals surface area contributed by atoms with Gasteiger partial charge in [0.25, 0.3) is 0 Å². The van der Waals surface area contributed by atoms with Gasteiger partial charge in [0.05, 0.1) is 7.11 Å². The Morgan fingerprint density at radius 1 is 1.08 bits per heavy atom. The van der Waals surface area contributed by atoms with Gasteiger partial charge in [-0.25, -0.2) is 9.97 Å². The van der Waals surface area contributed by atoms with Gasteiger partial charge in [0.15, 0.2) is 0 Å². The molecule has 4 nitrogen and oxygen atoms in total. The average molecular weight is 340 g/mol. The van der Waals surface area contributed by atoms with Crippen molar-refractivity contribution in [3.8, 4) is 17.0 Å². The van der Waals surface area contributed by atoms with Crippen LogP contribution in [0.2, 0.25) is 5.02 Å². The fraction of sp³-hybridized carbons (Fsp3) is 0.158. The highest BCUT2D eigenvalue weighted by Crippen LogP contribution is 2.31. The number of anilines is 1. The Hall–Kier alpha value is -2.59. The molecule has 0 saturated heterocycles. The molecule has 3 rings (SSSR count). The zero-order valence-electron chi connectivity index (χ0n) is 13.6. The number of nitrogens with two attached hydrogens (primary N) is 1. The Morgan fingerprint density at radius 2 is 1.83 bits per heavy atom. The normalized spacial score (nSPS) is 10.6. The summed E-state index contributed by atoms with van der Waals surface area (Å²) in [6, 6.07) is 11.8. The van der Waals surface area contributed by atoms with Gasteiger partial charge in [-0.05, 0) is 47.4 Å². The summed E-state index contributed by atoms with van der Waals surface area (Å²) in [5, 5.41) is 0.679. The standard InChI is InChI=1S/C19H18ClN3O/c1-12-6-13(10-22-18(12)21)7-14-8-17(19(24-2)23-11-14)15-4-3-5-16(20)9-15/h3-6,8-11H,7H2,1-2H3,(H2,21,22). The van der Waals surface area contributed by atoms with Crippen molar-refractivity contribution in [2.45, 2.75) is 13.3 Å². The van der Waals surface area contributed by atoms with E-state index in [2.05, 4.69) is 16.0 Å². The summed E-state index contributed by atoms with van der Waals surface area (Å²) >= 11 is 6.11. The van der Waals surface area contributed by atoms with Gasteiger partial charge in [-0.3, -0.25) is 0 Å². The van der Waals surface area contributed by atoms with E-state index < -0.39 is 0 Å². The predicted molar refractivity (Wildman–Crippen MR) is 97.4 cm³/mol. The number of pyridine rings is 2. The number of halogens is 1. The van der Waals surface area contributed by atoms with Crippen molar-refractivity contribution in [1.82, 2.24) is 9.97 Å². The minimum Gasteiger partial charge on any atom is -0.481 e. The van der Waals surface area contributed by atoms with Crippen LogP contribution in [0.4, 0.5) is 5.82 Å². The highest BCUT2D eigenvalue weighted by atomic mass is 35.5. The molecule has 2 N–H and O–H groups in total.